The van der Waals surface area contributed by atoms with Crippen LogP contribution in [0.25, 0.3) is 0 Å². The lowest BCUT2D eigenvalue weighted by atomic mass is 9.88. The normalized spacial score (nSPS) is 13.9. The maximum Gasteiger partial charge on any atom is 0.304 e. The molecule has 3 nitrogen and oxygen atoms in total. The zero-order valence-corrected chi connectivity index (χ0v) is 13.4. The number of ether oxygens (including phenoxy) is 1. The molecule has 0 fully saturated rings. The number of benzene rings is 2. The van der Waals surface area contributed by atoms with Crippen LogP contribution < -0.4 is 4.74 Å². The SMILES string of the molecule is C[Si](C)(C)OC(=O)C1c2ccccc2Oc2ccccc21. The Morgan fingerprint density at radius 1 is 0.952 bits per heavy atom. The molecule has 0 saturated heterocycles. The van der Waals surface area contributed by atoms with Gasteiger partial charge in [-0.15, -0.1) is 0 Å². The molecule has 0 amide bonds. The minimum Gasteiger partial charge on any atom is -0.519 e. The summed E-state index contributed by atoms with van der Waals surface area (Å²) in [5.74, 6) is 0.873. The van der Waals surface area contributed by atoms with Crippen molar-refractivity contribution in [2.75, 3.05) is 0 Å². The molecule has 21 heavy (non-hydrogen) atoms. The minimum absolute atomic E-state index is 0.183. The van der Waals surface area contributed by atoms with Crippen molar-refractivity contribution in [3.63, 3.8) is 0 Å². The van der Waals surface area contributed by atoms with E-state index >= 15 is 0 Å². The van der Waals surface area contributed by atoms with Gasteiger partial charge in [0, 0.05) is 11.1 Å². The maximum absolute atomic E-state index is 12.7. The topological polar surface area (TPSA) is 35.5 Å². The number of fused-ring (bicyclic) bond motifs is 2. The lowest BCUT2D eigenvalue weighted by Gasteiger charge is -2.29. The number of hydrogen-bond acceptors (Lipinski definition) is 3. The molecule has 0 radical (unpaired) electrons. The van der Waals surface area contributed by atoms with E-state index in [0.29, 0.717) is 0 Å². The molecule has 0 bridgehead atoms. The molecule has 2 aromatic rings. The third-order valence-corrected chi connectivity index (χ3v) is 4.14. The van der Waals surface area contributed by atoms with Gasteiger partial charge < -0.3 is 9.16 Å². The highest BCUT2D eigenvalue weighted by Gasteiger charge is 2.35. The van der Waals surface area contributed by atoms with Crippen molar-refractivity contribution in [3.05, 3.63) is 59.7 Å². The zero-order chi connectivity index (χ0) is 15.0. The molecule has 0 aromatic heterocycles. The molecule has 0 saturated carbocycles. The lowest BCUT2D eigenvalue weighted by molar-refractivity contribution is -0.136. The fraction of sp³-hybridized carbons (Fsp3) is 0.235. The van der Waals surface area contributed by atoms with Crippen molar-refractivity contribution in [1.82, 2.24) is 0 Å². The van der Waals surface area contributed by atoms with Crippen LogP contribution in [0.15, 0.2) is 48.5 Å². The first-order chi connectivity index (χ1) is 9.96. The molecule has 0 atom stereocenters. The van der Waals surface area contributed by atoms with Gasteiger partial charge in [-0.05, 0) is 31.8 Å². The molecule has 108 valence electrons. The summed E-state index contributed by atoms with van der Waals surface area (Å²) in [5, 5.41) is 0. The lowest BCUT2D eigenvalue weighted by Crippen LogP contribution is -2.33. The van der Waals surface area contributed by atoms with Crippen LogP contribution in [0.3, 0.4) is 0 Å². The predicted octanol–water partition coefficient (Wildman–Crippen LogP) is 4.30. The Morgan fingerprint density at radius 3 is 1.90 bits per heavy atom. The molecule has 1 aliphatic heterocycles. The van der Waals surface area contributed by atoms with E-state index in [0.717, 1.165) is 22.6 Å². The van der Waals surface area contributed by atoms with Gasteiger partial charge in [0.15, 0.2) is 0 Å². The fourth-order valence-electron chi connectivity index (χ4n) is 2.52. The molecule has 4 heteroatoms. The quantitative estimate of drug-likeness (QED) is 0.775. The standard InChI is InChI=1S/C17H18O3Si/c1-21(2,3)20-17(18)16-12-8-4-6-10-14(12)19-15-11-7-5-9-13(15)16/h4-11,16H,1-3H3. The van der Waals surface area contributed by atoms with E-state index in [9.17, 15) is 4.79 Å². The summed E-state index contributed by atoms with van der Waals surface area (Å²) < 4.78 is 11.6. The smallest absolute Gasteiger partial charge is 0.304 e. The van der Waals surface area contributed by atoms with Crippen LogP contribution in [0, 0.1) is 0 Å². The van der Waals surface area contributed by atoms with Gasteiger partial charge in [-0.25, -0.2) is 0 Å². The molecular weight excluding hydrogens is 280 g/mol. The number of rotatable bonds is 2. The summed E-state index contributed by atoms with van der Waals surface area (Å²) in [7, 11) is -1.94. The Bertz CT molecular complexity index is 643. The van der Waals surface area contributed by atoms with Crippen LogP contribution in [-0.2, 0) is 9.22 Å². The van der Waals surface area contributed by atoms with Gasteiger partial charge >= 0.3 is 5.97 Å². The van der Waals surface area contributed by atoms with E-state index in [-0.39, 0.29) is 5.97 Å². The second kappa shape index (κ2) is 5.04. The Morgan fingerprint density at radius 2 is 1.43 bits per heavy atom. The largest absolute Gasteiger partial charge is 0.519 e. The molecule has 1 aliphatic rings. The van der Waals surface area contributed by atoms with E-state index in [4.69, 9.17) is 9.16 Å². The molecule has 0 aliphatic carbocycles. The molecule has 3 rings (SSSR count). The zero-order valence-electron chi connectivity index (χ0n) is 12.4. The number of carbonyl (C=O) groups is 1. The van der Waals surface area contributed by atoms with Gasteiger partial charge in [-0.2, -0.15) is 0 Å². The van der Waals surface area contributed by atoms with Gasteiger partial charge in [-0.3, -0.25) is 4.79 Å². The second-order valence-corrected chi connectivity index (χ2v) is 10.6. The van der Waals surface area contributed by atoms with Crippen molar-refractivity contribution in [3.8, 4) is 11.5 Å². The first-order valence-corrected chi connectivity index (χ1v) is 10.4. The summed E-state index contributed by atoms with van der Waals surface area (Å²) in [6, 6.07) is 15.3. The highest BCUT2D eigenvalue weighted by Crippen LogP contribution is 2.44. The van der Waals surface area contributed by atoms with Crippen LogP contribution in [0.2, 0.25) is 19.6 Å². The Labute approximate surface area is 125 Å². The van der Waals surface area contributed by atoms with Crippen LogP contribution in [0.5, 0.6) is 11.5 Å². The molecule has 0 N–H and O–H groups in total. The Hall–Kier alpha value is -2.07. The van der Waals surface area contributed by atoms with E-state index in [1.165, 1.54) is 0 Å². The van der Waals surface area contributed by atoms with Crippen molar-refractivity contribution in [1.29, 1.82) is 0 Å². The highest BCUT2D eigenvalue weighted by molar-refractivity contribution is 6.71. The molecule has 0 spiro atoms. The fourth-order valence-corrected chi connectivity index (χ4v) is 3.25. The van der Waals surface area contributed by atoms with Gasteiger partial charge in [0.05, 0.1) is 0 Å². The van der Waals surface area contributed by atoms with Gasteiger partial charge in [-0.1, -0.05) is 36.4 Å². The summed E-state index contributed by atoms with van der Waals surface area (Å²) in [6.07, 6.45) is 0. The first-order valence-electron chi connectivity index (χ1n) is 7.04. The summed E-state index contributed by atoms with van der Waals surface area (Å²) in [5.41, 5.74) is 1.75. The van der Waals surface area contributed by atoms with E-state index < -0.39 is 14.2 Å². The van der Waals surface area contributed by atoms with Crippen LogP contribution in [-0.4, -0.2) is 14.3 Å². The number of para-hydroxylation sites is 2. The maximum atomic E-state index is 12.7. The molecular formula is C17H18O3Si. The summed E-state index contributed by atoms with van der Waals surface area (Å²) in [6.45, 7) is 6.05. The first kappa shape index (κ1) is 13.9. The molecule has 2 aromatic carbocycles. The second-order valence-electron chi connectivity index (χ2n) is 6.14. The summed E-state index contributed by atoms with van der Waals surface area (Å²) >= 11 is 0. The number of hydrogen-bond donors (Lipinski definition) is 0. The minimum atomic E-state index is -1.94. The number of carbonyl (C=O) groups excluding carboxylic acids is 1. The summed E-state index contributed by atoms with van der Waals surface area (Å²) in [4.78, 5) is 12.7. The Balaban J connectivity index is 2.09. The van der Waals surface area contributed by atoms with Crippen molar-refractivity contribution in [2.24, 2.45) is 0 Å². The van der Waals surface area contributed by atoms with Crippen LogP contribution in [0.1, 0.15) is 17.0 Å². The van der Waals surface area contributed by atoms with Gasteiger partial charge in [0.1, 0.15) is 17.4 Å². The van der Waals surface area contributed by atoms with Gasteiger partial charge in [0.2, 0.25) is 8.32 Å². The average molecular weight is 298 g/mol. The molecule has 1 heterocycles. The molecule has 0 unspecified atom stereocenters. The van der Waals surface area contributed by atoms with E-state index in [1.807, 2.05) is 68.2 Å². The monoisotopic (exact) mass is 298 g/mol. The Kier molecular flexibility index (Phi) is 3.33. The average Bonchev–Trinajstić information content (AvgIpc) is 2.42. The van der Waals surface area contributed by atoms with Crippen LogP contribution in [0.4, 0.5) is 0 Å². The van der Waals surface area contributed by atoms with Gasteiger partial charge in [0.25, 0.3) is 0 Å². The van der Waals surface area contributed by atoms with Crippen molar-refractivity contribution >= 4 is 14.3 Å². The third kappa shape index (κ3) is 2.71. The van der Waals surface area contributed by atoms with Crippen molar-refractivity contribution in [2.45, 2.75) is 25.6 Å². The van der Waals surface area contributed by atoms with Crippen LogP contribution >= 0.6 is 0 Å². The van der Waals surface area contributed by atoms with E-state index in [1.54, 1.807) is 0 Å². The third-order valence-electron chi connectivity index (χ3n) is 3.32. The van der Waals surface area contributed by atoms with Crippen molar-refractivity contribution < 1.29 is 14.0 Å². The highest BCUT2D eigenvalue weighted by atomic mass is 28.4. The van der Waals surface area contributed by atoms with E-state index in [2.05, 4.69) is 0 Å². The predicted molar refractivity (Wildman–Crippen MR) is 84.2 cm³/mol.